The van der Waals surface area contributed by atoms with Crippen molar-refractivity contribution in [1.29, 1.82) is 0 Å². The molecule has 1 aliphatic heterocycles. The number of aliphatic carboxylic acids is 1. The quantitative estimate of drug-likeness (QED) is 0.302. The first-order chi connectivity index (χ1) is 20.3. The van der Waals surface area contributed by atoms with E-state index in [2.05, 4.69) is 29.2 Å². The van der Waals surface area contributed by atoms with Crippen molar-refractivity contribution in [2.75, 3.05) is 33.0 Å². The number of fused-ring (bicyclic) bond motifs is 3. The summed E-state index contributed by atoms with van der Waals surface area (Å²) in [4.78, 5) is 29.9. The standard InChI is InChI=1S/C33H33N3O6/c1-40-22-8-6-21(17-30(37)38)28(18-22)42-29-19-33(11-14-36(15-12-33)32(39)41-2)27-9-7-20(16-26(27)29)23-4-3-5-25-24(23)10-13-35-31(25)34/h3-10,13,16,18,29H,11-12,14-15,17,19H2,1-2H3,(H2,34,35)(H,37,38). The molecule has 1 amide bonds. The van der Waals surface area contributed by atoms with E-state index in [1.54, 1.807) is 36.4 Å². The van der Waals surface area contributed by atoms with E-state index in [0.29, 0.717) is 42.4 Å². The van der Waals surface area contributed by atoms with Crippen LogP contribution in [0.3, 0.4) is 0 Å². The van der Waals surface area contributed by atoms with Crippen LogP contribution in [0, 0.1) is 0 Å². The molecule has 0 saturated carbocycles. The maximum absolute atomic E-state index is 12.2. The van der Waals surface area contributed by atoms with E-state index in [4.69, 9.17) is 19.9 Å². The Kier molecular flexibility index (Phi) is 7.10. The number of nitrogens with two attached hydrogens (primary N) is 1. The van der Waals surface area contributed by atoms with Gasteiger partial charge >= 0.3 is 12.1 Å². The van der Waals surface area contributed by atoms with Gasteiger partial charge < -0.3 is 30.0 Å². The first kappa shape index (κ1) is 27.4. The number of amides is 1. The van der Waals surface area contributed by atoms with Gasteiger partial charge in [-0.1, -0.05) is 36.4 Å². The molecule has 1 spiro atoms. The molecule has 3 N–H and O–H groups in total. The number of rotatable bonds is 6. The van der Waals surface area contributed by atoms with Crippen molar-refractivity contribution in [3.63, 3.8) is 0 Å². The number of ether oxygens (including phenoxy) is 3. The molecule has 1 aliphatic carbocycles. The Morgan fingerprint density at radius 1 is 1.05 bits per heavy atom. The first-order valence-corrected chi connectivity index (χ1v) is 14.0. The number of hydrogen-bond donors (Lipinski definition) is 2. The second kappa shape index (κ2) is 10.9. The summed E-state index contributed by atoms with van der Waals surface area (Å²) < 4.78 is 17.1. The van der Waals surface area contributed by atoms with E-state index in [-0.39, 0.29) is 24.0 Å². The lowest BCUT2D eigenvalue weighted by Gasteiger charge is -2.39. The Balaban J connectivity index is 1.44. The number of carboxylic acid groups (broad SMARTS) is 1. The summed E-state index contributed by atoms with van der Waals surface area (Å²) >= 11 is 0. The number of aromatic nitrogens is 1. The monoisotopic (exact) mass is 567 g/mol. The summed E-state index contributed by atoms with van der Waals surface area (Å²) in [6.45, 7) is 1.17. The van der Waals surface area contributed by atoms with E-state index in [0.717, 1.165) is 40.3 Å². The maximum Gasteiger partial charge on any atom is 0.409 e. The smallest absolute Gasteiger partial charge is 0.409 e. The Morgan fingerprint density at radius 2 is 1.86 bits per heavy atom. The molecule has 0 bridgehead atoms. The highest BCUT2D eigenvalue weighted by molar-refractivity contribution is 6.01. The van der Waals surface area contributed by atoms with E-state index in [9.17, 15) is 14.7 Å². The van der Waals surface area contributed by atoms with Gasteiger partial charge in [-0.05, 0) is 65.1 Å². The molecule has 2 aliphatic rings. The minimum Gasteiger partial charge on any atom is -0.497 e. The molecule has 1 aromatic heterocycles. The summed E-state index contributed by atoms with van der Waals surface area (Å²) in [6, 6.07) is 19.8. The second-order valence-electron chi connectivity index (χ2n) is 11.0. The Labute approximate surface area is 243 Å². The summed E-state index contributed by atoms with van der Waals surface area (Å²) in [5.41, 5.74) is 10.9. The van der Waals surface area contributed by atoms with Gasteiger partial charge in [-0.2, -0.15) is 0 Å². The molecular weight excluding hydrogens is 534 g/mol. The lowest BCUT2D eigenvalue weighted by atomic mass is 9.73. The third-order valence-electron chi connectivity index (χ3n) is 8.73. The number of hydrogen-bond acceptors (Lipinski definition) is 7. The topological polar surface area (TPSA) is 124 Å². The van der Waals surface area contributed by atoms with Gasteiger partial charge in [-0.25, -0.2) is 9.78 Å². The maximum atomic E-state index is 12.2. The van der Waals surface area contributed by atoms with Crippen molar-refractivity contribution in [1.82, 2.24) is 9.88 Å². The largest absolute Gasteiger partial charge is 0.497 e. The summed E-state index contributed by atoms with van der Waals surface area (Å²) in [7, 11) is 2.98. The molecule has 1 fully saturated rings. The zero-order chi connectivity index (χ0) is 29.4. The van der Waals surface area contributed by atoms with E-state index < -0.39 is 5.97 Å². The second-order valence-corrected chi connectivity index (χ2v) is 11.0. The van der Waals surface area contributed by atoms with Gasteiger partial charge in [0, 0.05) is 41.7 Å². The van der Waals surface area contributed by atoms with Crippen molar-refractivity contribution < 1.29 is 28.9 Å². The molecular formula is C33H33N3O6. The number of methoxy groups -OCH3 is 2. The molecule has 42 heavy (non-hydrogen) atoms. The van der Waals surface area contributed by atoms with Crippen LogP contribution in [0.5, 0.6) is 11.5 Å². The summed E-state index contributed by atoms with van der Waals surface area (Å²) in [5.74, 6) is 0.632. The third kappa shape index (κ3) is 4.85. The van der Waals surface area contributed by atoms with Crippen LogP contribution in [0.1, 0.15) is 42.1 Å². The Hall–Kier alpha value is -4.79. The fourth-order valence-corrected chi connectivity index (χ4v) is 6.59. The zero-order valence-electron chi connectivity index (χ0n) is 23.6. The number of carbonyl (C=O) groups excluding carboxylic acids is 1. The fraction of sp³-hybridized carbons (Fsp3) is 0.303. The van der Waals surface area contributed by atoms with Crippen molar-refractivity contribution in [2.24, 2.45) is 0 Å². The van der Waals surface area contributed by atoms with Crippen molar-refractivity contribution >= 4 is 28.7 Å². The van der Waals surface area contributed by atoms with Crippen LogP contribution < -0.4 is 15.2 Å². The number of nitrogens with zero attached hydrogens (tertiary/aromatic N) is 2. The van der Waals surface area contributed by atoms with Crippen molar-refractivity contribution in [3.05, 3.63) is 83.6 Å². The number of likely N-dealkylation sites (tertiary alicyclic amines) is 1. The average molecular weight is 568 g/mol. The van der Waals surface area contributed by atoms with E-state index in [1.165, 1.54) is 12.7 Å². The van der Waals surface area contributed by atoms with Crippen LogP contribution in [-0.2, 0) is 21.4 Å². The fourth-order valence-electron chi connectivity index (χ4n) is 6.59. The van der Waals surface area contributed by atoms with Gasteiger partial charge in [-0.15, -0.1) is 0 Å². The van der Waals surface area contributed by atoms with Gasteiger partial charge in [-0.3, -0.25) is 4.79 Å². The lowest BCUT2D eigenvalue weighted by molar-refractivity contribution is -0.136. The molecule has 6 rings (SSSR count). The third-order valence-corrected chi connectivity index (χ3v) is 8.73. The summed E-state index contributed by atoms with van der Waals surface area (Å²) in [5, 5.41) is 11.5. The van der Waals surface area contributed by atoms with Gasteiger partial charge in [0.2, 0.25) is 0 Å². The van der Waals surface area contributed by atoms with Crippen LogP contribution in [0.4, 0.5) is 10.6 Å². The molecule has 1 atom stereocenters. The summed E-state index contributed by atoms with van der Waals surface area (Å²) in [6.07, 6.45) is 3.16. The minimum absolute atomic E-state index is 0.163. The average Bonchev–Trinajstić information content (AvgIpc) is 3.29. The van der Waals surface area contributed by atoms with Gasteiger partial charge in [0.05, 0.1) is 20.6 Å². The predicted octanol–water partition coefficient (Wildman–Crippen LogP) is 5.74. The molecule has 9 nitrogen and oxygen atoms in total. The minimum atomic E-state index is -0.935. The van der Waals surface area contributed by atoms with Crippen molar-refractivity contribution in [3.8, 4) is 22.6 Å². The molecule has 216 valence electrons. The molecule has 2 heterocycles. The first-order valence-electron chi connectivity index (χ1n) is 14.0. The highest BCUT2D eigenvalue weighted by Crippen LogP contribution is 2.53. The number of carboxylic acids is 1. The lowest BCUT2D eigenvalue weighted by Crippen LogP contribution is -2.44. The number of benzene rings is 3. The van der Waals surface area contributed by atoms with Crippen LogP contribution in [0.2, 0.25) is 0 Å². The van der Waals surface area contributed by atoms with Crippen LogP contribution >= 0.6 is 0 Å². The number of piperidine rings is 1. The number of pyridine rings is 1. The van der Waals surface area contributed by atoms with Gasteiger partial charge in [0.15, 0.2) is 0 Å². The molecule has 1 unspecified atom stereocenters. The van der Waals surface area contributed by atoms with Gasteiger partial charge in [0.25, 0.3) is 0 Å². The zero-order valence-corrected chi connectivity index (χ0v) is 23.6. The van der Waals surface area contributed by atoms with Crippen LogP contribution in [0.15, 0.2) is 66.9 Å². The van der Waals surface area contributed by atoms with E-state index >= 15 is 0 Å². The number of carbonyl (C=O) groups is 2. The Bertz CT molecular complexity index is 1680. The Morgan fingerprint density at radius 3 is 2.60 bits per heavy atom. The molecule has 9 heteroatoms. The normalized spacial score (nSPS) is 17.2. The highest BCUT2D eigenvalue weighted by Gasteiger charge is 2.47. The number of anilines is 1. The molecule has 0 radical (unpaired) electrons. The molecule has 3 aromatic carbocycles. The molecule has 1 saturated heterocycles. The van der Waals surface area contributed by atoms with Crippen LogP contribution in [0.25, 0.3) is 21.9 Å². The molecule has 4 aromatic rings. The highest BCUT2D eigenvalue weighted by atomic mass is 16.5. The predicted molar refractivity (Wildman–Crippen MR) is 159 cm³/mol. The SMILES string of the molecule is COC(=O)N1CCC2(CC1)CC(Oc1cc(OC)ccc1CC(=O)O)c1cc(-c3cccc4c(N)nccc34)ccc12. The number of nitrogen functional groups attached to an aromatic ring is 1. The van der Waals surface area contributed by atoms with Crippen LogP contribution in [-0.4, -0.2) is 54.4 Å². The van der Waals surface area contributed by atoms with E-state index in [1.807, 2.05) is 18.2 Å². The van der Waals surface area contributed by atoms with Gasteiger partial charge in [0.1, 0.15) is 23.4 Å². The van der Waals surface area contributed by atoms with Crippen molar-refractivity contribution in [2.45, 2.75) is 37.2 Å².